The van der Waals surface area contributed by atoms with Gasteiger partial charge in [0.1, 0.15) is 36.1 Å². The molecule has 0 amide bonds. The van der Waals surface area contributed by atoms with E-state index in [1.807, 2.05) is 42.5 Å². The number of anilines is 1. The summed E-state index contributed by atoms with van der Waals surface area (Å²) in [5, 5.41) is 28.4. The van der Waals surface area contributed by atoms with Crippen LogP contribution >= 0.6 is 0 Å². The molecule has 6 N–H and O–H groups in total. The van der Waals surface area contributed by atoms with E-state index in [9.17, 15) is 18.6 Å². The van der Waals surface area contributed by atoms with E-state index in [1.165, 1.54) is 10.9 Å². The summed E-state index contributed by atoms with van der Waals surface area (Å²) in [7, 11) is -4.26. The highest BCUT2D eigenvalue weighted by Gasteiger charge is 2.45. The lowest BCUT2D eigenvalue weighted by Crippen LogP contribution is -2.35. The molecular weight excluding hydrogens is 474 g/mol. The fourth-order valence-electron chi connectivity index (χ4n) is 4.12. The van der Waals surface area contributed by atoms with Gasteiger partial charge in [-0.25, -0.2) is 15.1 Å². The summed E-state index contributed by atoms with van der Waals surface area (Å²) in [6.07, 6.45) is -2.29. The van der Waals surface area contributed by atoms with Crippen molar-refractivity contribution >= 4 is 37.9 Å². The normalized spacial score (nSPS) is 22.4. The van der Waals surface area contributed by atoms with Crippen molar-refractivity contribution in [2.24, 2.45) is 5.14 Å². The Kier molecular flexibility index (Phi) is 5.89. The molecule has 0 bridgehead atoms. The number of aromatic nitrogens is 3. The Hall–Kier alpha value is -3.57. The summed E-state index contributed by atoms with van der Waals surface area (Å²) in [6.45, 7) is -0.572. The highest BCUT2D eigenvalue weighted by atomic mass is 32.2. The number of nitrogens with zero attached hydrogens (tertiary/aromatic N) is 3. The predicted molar refractivity (Wildman–Crippen MR) is 127 cm³/mol. The molecule has 4 atom stereocenters. The predicted octanol–water partition coefficient (Wildman–Crippen LogP) is 0.406. The summed E-state index contributed by atoms with van der Waals surface area (Å²) in [5.41, 5.74) is 7.75. The zero-order valence-corrected chi connectivity index (χ0v) is 19.0. The van der Waals surface area contributed by atoms with Crippen LogP contribution in [0.25, 0.3) is 21.8 Å². The monoisotopic (exact) mass is 495 g/mol. The van der Waals surface area contributed by atoms with Crippen LogP contribution in [-0.2, 0) is 19.2 Å². The molecule has 1 aliphatic rings. The molecule has 180 valence electrons. The smallest absolute Gasteiger partial charge is 0.333 e. The van der Waals surface area contributed by atoms with Gasteiger partial charge in [0.2, 0.25) is 0 Å². The first-order chi connectivity index (χ1) is 16.7. The Morgan fingerprint density at radius 1 is 1.06 bits per heavy atom. The molecule has 4 aromatic rings. The number of ether oxygens (including phenoxy) is 1. The number of nitrogens with two attached hydrogens (primary N) is 2. The molecular formula is C23H21N5O6S. The maximum atomic E-state index is 11.1. The van der Waals surface area contributed by atoms with Gasteiger partial charge in [-0.2, -0.15) is 8.42 Å². The van der Waals surface area contributed by atoms with Crippen LogP contribution in [0.15, 0.2) is 55.0 Å². The standard InChI is InChI=1S/C23H21N5O6S/c24-21-18-15(9-8-14-6-3-5-13-4-1-2-7-16(13)14)10-28(22(18)27-12-26-21)23-20(30)19(29)17(34-23)11-33-35(25,31)32/h1-7,10,12,17,19-20,23,29-30H,11H2,(H2,24,26,27)(H2,25,31,32)/t17-,19-,20-,23-/m1/s1. The average Bonchev–Trinajstić information content (AvgIpc) is 3.34. The van der Waals surface area contributed by atoms with Crippen LogP contribution in [0, 0.1) is 11.8 Å². The third-order valence-electron chi connectivity index (χ3n) is 5.77. The SMILES string of the molecule is Nc1ncnc2c1c(C#Cc1cccc3ccccc13)cn2[C@@H]1O[C@H](COS(N)(=O)=O)[C@@H](O)[C@H]1O. The number of aliphatic hydroxyl groups is 2. The van der Waals surface area contributed by atoms with E-state index in [0.717, 1.165) is 16.3 Å². The van der Waals surface area contributed by atoms with E-state index in [1.54, 1.807) is 6.20 Å². The van der Waals surface area contributed by atoms with E-state index in [0.29, 0.717) is 16.6 Å². The Morgan fingerprint density at radius 3 is 2.60 bits per heavy atom. The van der Waals surface area contributed by atoms with E-state index >= 15 is 0 Å². The summed E-state index contributed by atoms with van der Waals surface area (Å²) in [5.74, 6) is 6.46. The minimum absolute atomic E-state index is 0.179. The summed E-state index contributed by atoms with van der Waals surface area (Å²) >= 11 is 0. The Bertz CT molecular complexity index is 1590. The number of hydrogen-bond acceptors (Lipinski definition) is 9. The molecule has 35 heavy (non-hydrogen) atoms. The van der Waals surface area contributed by atoms with Crippen LogP contribution in [0.2, 0.25) is 0 Å². The maximum Gasteiger partial charge on any atom is 0.333 e. The quantitative estimate of drug-likeness (QED) is 0.292. The van der Waals surface area contributed by atoms with Crippen molar-refractivity contribution in [3.05, 3.63) is 66.1 Å². The molecule has 12 heteroatoms. The molecule has 2 aromatic carbocycles. The van der Waals surface area contributed by atoms with Crippen LogP contribution in [0.4, 0.5) is 5.82 Å². The van der Waals surface area contributed by atoms with E-state index in [2.05, 4.69) is 26.0 Å². The van der Waals surface area contributed by atoms with Gasteiger partial charge in [0.25, 0.3) is 0 Å². The van der Waals surface area contributed by atoms with Gasteiger partial charge in [-0.1, -0.05) is 48.2 Å². The second-order valence-corrected chi connectivity index (χ2v) is 9.23. The fraction of sp³-hybridized carbons (Fsp3) is 0.217. The highest BCUT2D eigenvalue weighted by Crippen LogP contribution is 2.34. The molecule has 11 nitrogen and oxygen atoms in total. The third kappa shape index (κ3) is 4.44. The number of nitrogen functional groups attached to an aromatic ring is 1. The molecule has 2 aromatic heterocycles. The number of aliphatic hydroxyl groups excluding tert-OH is 2. The third-order valence-corrected chi connectivity index (χ3v) is 6.23. The van der Waals surface area contributed by atoms with Gasteiger partial charge < -0.3 is 25.3 Å². The van der Waals surface area contributed by atoms with Gasteiger partial charge in [0.15, 0.2) is 6.23 Å². The van der Waals surface area contributed by atoms with Gasteiger partial charge in [-0.3, -0.25) is 4.18 Å². The van der Waals surface area contributed by atoms with Crippen molar-refractivity contribution < 1.29 is 27.6 Å². The summed E-state index contributed by atoms with van der Waals surface area (Å²) < 4.78 is 34.0. The van der Waals surface area contributed by atoms with Crippen LogP contribution in [-0.4, -0.2) is 58.1 Å². The second kappa shape index (κ2) is 8.90. The van der Waals surface area contributed by atoms with E-state index < -0.39 is 41.5 Å². The molecule has 0 radical (unpaired) electrons. The highest BCUT2D eigenvalue weighted by molar-refractivity contribution is 7.84. The van der Waals surface area contributed by atoms with Gasteiger partial charge in [-0.15, -0.1) is 0 Å². The first kappa shape index (κ1) is 23.2. The molecule has 0 aliphatic carbocycles. The lowest BCUT2D eigenvalue weighted by atomic mass is 10.0. The largest absolute Gasteiger partial charge is 0.387 e. The second-order valence-electron chi connectivity index (χ2n) is 8.01. The number of benzene rings is 2. The summed E-state index contributed by atoms with van der Waals surface area (Å²) in [6, 6.07) is 13.7. The molecule has 5 rings (SSSR count). The van der Waals surface area contributed by atoms with Crippen molar-refractivity contribution in [3.8, 4) is 11.8 Å². The molecule has 0 saturated carbocycles. The zero-order valence-electron chi connectivity index (χ0n) is 18.1. The van der Waals surface area contributed by atoms with Crippen molar-refractivity contribution in [2.75, 3.05) is 12.3 Å². The zero-order chi connectivity index (χ0) is 24.7. The number of rotatable bonds is 4. The fourth-order valence-corrected chi connectivity index (χ4v) is 4.45. The topological polar surface area (TPSA) is 176 Å². The minimum atomic E-state index is -4.26. The Morgan fingerprint density at radius 2 is 1.80 bits per heavy atom. The lowest BCUT2D eigenvalue weighted by molar-refractivity contribution is -0.0464. The molecule has 3 heterocycles. The molecule has 1 aliphatic heterocycles. The van der Waals surface area contributed by atoms with Gasteiger partial charge in [-0.05, 0) is 16.8 Å². The van der Waals surface area contributed by atoms with E-state index in [-0.39, 0.29) is 5.82 Å². The van der Waals surface area contributed by atoms with Crippen LogP contribution < -0.4 is 10.9 Å². The maximum absolute atomic E-state index is 11.1. The lowest BCUT2D eigenvalue weighted by Gasteiger charge is -2.17. The minimum Gasteiger partial charge on any atom is -0.387 e. The number of hydrogen-bond donors (Lipinski definition) is 4. The van der Waals surface area contributed by atoms with Crippen molar-refractivity contribution in [1.29, 1.82) is 0 Å². The van der Waals surface area contributed by atoms with Gasteiger partial charge in [0, 0.05) is 11.8 Å². The molecule has 0 unspecified atom stereocenters. The average molecular weight is 496 g/mol. The van der Waals surface area contributed by atoms with Crippen molar-refractivity contribution in [1.82, 2.24) is 14.5 Å². The Balaban J connectivity index is 1.55. The molecule has 1 fully saturated rings. The van der Waals surface area contributed by atoms with Crippen LogP contribution in [0.5, 0.6) is 0 Å². The summed E-state index contributed by atoms with van der Waals surface area (Å²) in [4.78, 5) is 8.32. The van der Waals surface area contributed by atoms with Crippen molar-refractivity contribution in [3.63, 3.8) is 0 Å². The van der Waals surface area contributed by atoms with Gasteiger partial charge >= 0.3 is 10.3 Å². The Labute approximate surface area is 200 Å². The number of fused-ring (bicyclic) bond motifs is 2. The van der Waals surface area contributed by atoms with Crippen LogP contribution in [0.1, 0.15) is 17.4 Å². The first-order valence-corrected chi connectivity index (χ1v) is 12.0. The van der Waals surface area contributed by atoms with E-state index in [4.69, 9.17) is 15.6 Å². The van der Waals surface area contributed by atoms with Crippen molar-refractivity contribution in [2.45, 2.75) is 24.5 Å². The molecule has 1 saturated heterocycles. The first-order valence-electron chi connectivity index (χ1n) is 10.5. The van der Waals surface area contributed by atoms with Gasteiger partial charge in [0.05, 0.1) is 17.6 Å². The van der Waals surface area contributed by atoms with Crippen LogP contribution in [0.3, 0.4) is 0 Å². The molecule has 0 spiro atoms.